The summed E-state index contributed by atoms with van der Waals surface area (Å²) in [5.41, 5.74) is 5.82. The average Bonchev–Trinajstić information content (AvgIpc) is 2.87. The Balaban J connectivity index is 1.85. The van der Waals surface area contributed by atoms with Crippen molar-refractivity contribution in [2.45, 2.75) is 51.6 Å². The molecule has 4 heteroatoms. The molecule has 0 aliphatic carbocycles. The standard InChI is InChI=1S/C14H27N3O/c1-11(12(2)15)14(18)17-9-6-13(10-17)16-7-4-3-5-8-16/h11-13H,3-10,15H2,1-2H3. The Labute approximate surface area is 110 Å². The number of rotatable bonds is 3. The molecule has 0 aromatic carbocycles. The van der Waals surface area contributed by atoms with Crippen molar-refractivity contribution < 1.29 is 4.79 Å². The Morgan fingerprint density at radius 1 is 1.17 bits per heavy atom. The van der Waals surface area contributed by atoms with E-state index in [-0.39, 0.29) is 17.9 Å². The second kappa shape index (κ2) is 6.02. The molecular formula is C14H27N3O. The van der Waals surface area contributed by atoms with Gasteiger partial charge in [-0.3, -0.25) is 9.69 Å². The number of carbonyl (C=O) groups excluding carboxylic acids is 1. The topological polar surface area (TPSA) is 49.6 Å². The summed E-state index contributed by atoms with van der Waals surface area (Å²) in [5.74, 6) is 0.189. The van der Waals surface area contributed by atoms with Crippen LogP contribution in [0, 0.1) is 5.92 Å². The number of carbonyl (C=O) groups is 1. The molecule has 3 unspecified atom stereocenters. The maximum absolute atomic E-state index is 12.2. The van der Waals surface area contributed by atoms with E-state index in [1.807, 2.05) is 18.7 Å². The van der Waals surface area contributed by atoms with Gasteiger partial charge >= 0.3 is 0 Å². The van der Waals surface area contributed by atoms with E-state index in [1.165, 1.54) is 32.4 Å². The van der Waals surface area contributed by atoms with Gasteiger partial charge in [-0.1, -0.05) is 13.3 Å². The van der Waals surface area contributed by atoms with Gasteiger partial charge in [-0.15, -0.1) is 0 Å². The van der Waals surface area contributed by atoms with Gasteiger partial charge in [0, 0.05) is 25.2 Å². The third-order valence-corrected chi connectivity index (χ3v) is 4.56. The van der Waals surface area contributed by atoms with Gasteiger partial charge < -0.3 is 10.6 Å². The summed E-state index contributed by atoms with van der Waals surface area (Å²) in [6.07, 6.45) is 5.15. The van der Waals surface area contributed by atoms with Gasteiger partial charge in [-0.25, -0.2) is 0 Å². The van der Waals surface area contributed by atoms with Crippen molar-refractivity contribution in [2.24, 2.45) is 11.7 Å². The molecule has 0 aromatic rings. The molecule has 1 amide bonds. The van der Waals surface area contributed by atoms with Crippen molar-refractivity contribution in [2.75, 3.05) is 26.2 Å². The van der Waals surface area contributed by atoms with Gasteiger partial charge in [0.2, 0.25) is 5.91 Å². The number of amides is 1. The highest BCUT2D eigenvalue weighted by Crippen LogP contribution is 2.21. The van der Waals surface area contributed by atoms with Crippen LogP contribution in [0.25, 0.3) is 0 Å². The molecule has 0 aromatic heterocycles. The molecule has 4 nitrogen and oxygen atoms in total. The molecule has 2 N–H and O–H groups in total. The van der Waals surface area contributed by atoms with Crippen LogP contribution in [0.2, 0.25) is 0 Å². The molecule has 0 radical (unpaired) electrons. The molecule has 2 rings (SSSR count). The van der Waals surface area contributed by atoms with Crippen molar-refractivity contribution in [3.63, 3.8) is 0 Å². The number of likely N-dealkylation sites (tertiary alicyclic amines) is 2. The Bertz CT molecular complexity index is 287. The molecule has 18 heavy (non-hydrogen) atoms. The van der Waals surface area contributed by atoms with Gasteiger partial charge in [-0.05, 0) is 39.3 Å². The predicted molar refractivity (Wildman–Crippen MR) is 73.2 cm³/mol. The minimum absolute atomic E-state index is 0.0495. The third kappa shape index (κ3) is 3.04. The molecule has 0 saturated carbocycles. The highest BCUT2D eigenvalue weighted by Gasteiger charge is 2.33. The zero-order valence-electron chi connectivity index (χ0n) is 11.8. The van der Waals surface area contributed by atoms with Gasteiger partial charge in [0.1, 0.15) is 0 Å². The minimum Gasteiger partial charge on any atom is -0.341 e. The van der Waals surface area contributed by atoms with Crippen molar-refractivity contribution in [1.82, 2.24) is 9.80 Å². The first kappa shape index (κ1) is 13.8. The first-order chi connectivity index (χ1) is 8.59. The van der Waals surface area contributed by atoms with Crippen LogP contribution in [-0.4, -0.2) is 54.0 Å². The molecule has 2 aliphatic heterocycles. The molecular weight excluding hydrogens is 226 g/mol. The van der Waals surface area contributed by atoms with E-state index in [4.69, 9.17) is 5.73 Å². The lowest BCUT2D eigenvalue weighted by Gasteiger charge is -2.32. The van der Waals surface area contributed by atoms with Crippen LogP contribution in [0.15, 0.2) is 0 Å². The lowest BCUT2D eigenvalue weighted by atomic mass is 10.0. The number of hydrogen-bond donors (Lipinski definition) is 1. The third-order valence-electron chi connectivity index (χ3n) is 4.56. The monoisotopic (exact) mass is 253 g/mol. The smallest absolute Gasteiger partial charge is 0.227 e. The number of nitrogens with zero attached hydrogens (tertiary/aromatic N) is 2. The number of nitrogens with two attached hydrogens (primary N) is 1. The zero-order valence-corrected chi connectivity index (χ0v) is 11.8. The quantitative estimate of drug-likeness (QED) is 0.818. The molecule has 104 valence electrons. The largest absolute Gasteiger partial charge is 0.341 e. The maximum Gasteiger partial charge on any atom is 0.227 e. The van der Waals surface area contributed by atoms with Crippen LogP contribution < -0.4 is 5.73 Å². The highest BCUT2D eigenvalue weighted by molar-refractivity contribution is 5.79. The summed E-state index contributed by atoms with van der Waals surface area (Å²) in [6.45, 7) is 8.13. The predicted octanol–water partition coefficient (Wildman–Crippen LogP) is 1.06. The summed E-state index contributed by atoms with van der Waals surface area (Å²) in [4.78, 5) is 16.8. The van der Waals surface area contributed by atoms with Crippen LogP contribution in [0.3, 0.4) is 0 Å². The number of piperidine rings is 1. The van der Waals surface area contributed by atoms with E-state index in [9.17, 15) is 4.79 Å². The summed E-state index contributed by atoms with van der Waals surface area (Å²) >= 11 is 0. The summed E-state index contributed by atoms with van der Waals surface area (Å²) in [6, 6.07) is 0.543. The Morgan fingerprint density at radius 2 is 1.83 bits per heavy atom. The van der Waals surface area contributed by atoms with E-state index in [0.29, 0.717) is 6.04 Å². The van der Waals surface area contributed by atoms with Gasteiger partial charge in [0.15, 0.2) is 0 Å². The molecule has 0 spiro atoms. The molecule has 2 saturated heterocycles. The van der Waals surface area contributed by atoms with Crippen LogP contribution in [0.4, 0.5) is 0 Å². The molecule has 2 fully saturated rings. The normalized spacial score (nSPS) is 29.3. The average molecular weight is 253 g/mol. The molecule has 3 atom stereocenters. The van der Waals surface area contributed by atoms with Crippen molar-refractivity contribution in [3.8, 4) is 0 Å². The second-order valence-electron chi connectivity index (χ2n) is 5.97. The Kier molecular flexibility index (Phi) is 4.62. The van der Waals surface area contributed by atoms with E-state index >= 15 is 0 Å². The van der Waals surface area contributed by atoms with Crippen LogP contribution >= 0.6 is 0 Å². The molecule has 0 bridgehead atoms. The van der Waals surface area contributed by atoms with E-state index in [0.717, 1.165) is 19.5 Å². The first-order valence-corrected chi connectivity index (χ1v) is 7.38. The lowest BCUT2D eigenvalue weighted by Crippen LogP contribution is -2.44. The SMILES string of the molecule is CC(N)C(C)C(=O)N1CCC(N2CCCCC2)C1. The van der Waals surface area contributed by atoms with Crippen LogP contribution in [0.5, 0.6) is 0 Å². The minimum atomic E-state index is -0.0508. The van der Waals surface area contributed by atoms with Crippen LogP contribution in [0.1, 0.15) is 39.5 Å². The first-order valence-electron chi connectivity index (χ1n) is 7.38. The van der Waals surface area contributed by atoms with Crippen molar-refractivity contribution in [3.05, 3.63) is 0 Å². The Morgan fingerprint density at radius 3 is 2.44 bits per heavy atom. The second-order valence-corrected chi connectivity index (χ2v) is 5.97. The summed E-state index contributed by atoms with van der Waals surface area (Å²) in [5, 5.41) is 0. The lowest BCUT2D eigenvalue weighted by molar-refractivity contribution is -0.134. The maximum atomic E-state index is 12.2. The summed E-state index contributed by atoms with van der Waals surface area (Å²) in [7, 11) is 0. The van der Waals surface area contributed by atoms with Gasteiger partial charge in [0.05, 0.1) is 5.92 Å². The molecule has 2 aliphatic rings. The fraction of sp³-hybridized carbons (Fsp3) is 0.929. The van der Waals surface area contributed by atoms with E-state index in [1.54, 1.807) is 0 Å². The van der Waals surface area contributed by atoms with Crippen LogP contribution in [-0.2, 0) is 4.79 Å². The fourth-order valence-electron chi connectivity index (χ4n) is 3.04. The molecule has 2 heterocycles. The highest BCUT2D eigenvalue weighted by atomic mass is 16.2. The fourth-order valence-corrected chi connectivity index (χ4v) is 3.04. The van der Waals surface area contributed by atoms with E-state index in [2.05, 4.69) is 4.90 Å². The number of hydrogen-bond acceptors (Lipinski definition) is 3. The van der Waals surface area contributed by atoms with Gasteiger partial charge in [0.25, 0.3) is 0 Å². The van der Waals surface area contributed by atoms with Gasteiger partial charge in [-0.2, -0.15) is 0 Å². The zero-order chi connectivity index (χ0) is 13.1. The van der Waals surface area contributed by atoms with Crippen molar-refractivity contribution >= 4 is 5.91 Å². The summed E-state index contributed by atoms with van der Waals surface area (Å²) < 4.78 is 0. The Hall–Kier alpha value is -0.610. The van der Waals surface area contributed by atoms with Crippen molar-refractivity contribution in [1.29, 1.82) is 0 Å². The van der Waals surface area contributed by atoms with E-state index < -0.39 is 0 Å².